The minimum atomic E-state index is -1.13. The Kier molecular flexibility index (Phi) is 13.0. The molecule has 0 aliphatic rings. The number of benzene rings is 1. The Labute approximate surface area is 212 Å². The van der Waals surface area contributed by atoms with E-state index in [9.17, 15) is 20.1 Å². The van der Waals surface area contributed by atoms with Crippen LogP contribution < -0.4 is 22.1 Å². The first kappa shape index (κ1) is 31.0. The van der Waals surface area contributed by atoms with E-state index >= 15 is 0 Å². The van der Waals surface area contributed by atoms with Gasteiger partial charge in [0.25, 0.3) is 0 Å². The maximum Gasteiger partial charge on any atom is 0.142 e. The molecular formula is C25H35BrN4O4. The second-order valence-electron chi connectivity index (χ2n) is 9.49. The van der Waals surface area contributed by atoms with Crippen LogP contribution in [0, 0.1) is 0 Å². The Bertz CT molecular complexity index is 946. The Balaban J connectivity index is 0.000000479. The van der Waals surface area contributed by atoms with Gasteiger partial charge in [-0.3, -0.25) is 9.97 Å². The molecule has 0 fully saturated rings. The molecule has 0 saturated carbocycles. The summed E-state index contributed by atoms with van der Waals surface area (Å²) < 4.78 is 1.54. The van der Waals surface area contributed by atoms with Gasteiger partial charge in [0.05, 0.1) is 48.3 Å². The second-order valence-corrected chi connectivity index (χ2v) is 9.49. The van der Waals surface area contributed by atoms with Crippen molar-refractivity contribution in [2.75, 3.05) is 42.3 Å². The Hall–Kier alpha value is -3.01. The van der Waals surface area contributed by atoms with E-state index in [1.807, 2.05) is 0 Å². The van der Waals surface area contributed by atoms with Crippen molar-refractivity contribution in [3.8, 4) is 11.5 Å². The minimum Gasteiger partial charge on any atom is -1.00 e. The van der Waals surface area contributed by atoms with E-state index in [-0.39, 0.29) is 34.0 Å². The lowest BCUT2D eigenvalue weighted by atomic mass is 10.2. The molecule has 8 nitrogen and oxygen atoms in total. The maximum absolute atomic E-state index is 10.1. The molecule has 34 heavy (non-hydrogen) atoms. The minimum absolute atomic E-state index is 0. The van der Waals surface area contributed by atoms with Crippen molar-refractivity contribution in [1.29, 1.82) is 0 Å². The predicted molar refractivity (Wildman–Crippen MR) is 126 cm³/mol. The number of hydrogen-bond acceptors (Lipinski definition) is 6. The summed E-state index contributed by atoms with van der Waals surface area (Å²) in [4.78, 5) is 18.3. The summed E-state index contributed by atoms with van der Waals surface area (Å²) in [5.41, 5.74) is 1.73. The van der Waals surface area contributed by atoms with E-state index in [4.69, 9.17) is 0 Å². The van der Waals surface area contributed by atoms with E-state index in [1.54, 1.807) is 54.9 Å². The third-order valence-corrected chi connectivity index (χ3v) is 3.99. The fourth-order valence-electron chi connectivity index (χ4n) is 2.58. The number of carbonyl (C=O) groups excluding carboxylic acids is 1. The highest BCUT2D eigenvalue weighted by Gasteiger charge is 2.13. The number of aromatic hydroxyl groups is 2. The molecule has 0 unspecified atom stereocenters. The highest BCUT2D eigenvalue weighted by atomic mass is 79.9. The molecule has 0 bridgehead atoms. The van der Waals surface area contributed by atoms with E-state index in [0.717, 1.165) is 33.4 Å². The molecule has 0 aliphatic heterocycles. The largest absolute Gasteiger partial charge is 1.00 e. The van der Waals surface area contributed by atoms with Gasteiger partial charge in [-0.25, -0.2) is 0 Å². The van der Waals surface area contributed by atoms with E-state index in [2.05, 4.69) is 52.3 Å². The molecule has 0 aliphatic carbocycles. The number of halogens is 1. The third kappa shape index (κ3) is 13.5. The molecule has 0 spiro atoms. The van der Waals surface area contributed by atoms with Crippen molar-refractivity contribution < 1.29 is 46.1 Å². The van der Waals surface area contributed by atoms with Crippen LogP contribution in [0.25, 0.3) is 0 Å². The van der Waals surface area contributed by atoms with Gasteiger partial charge in [-0.2, -0.15) is 0 Å². The topological polar surface area (TPSA) is 106 Å². The molecular weight excluding hydrogens is 500 g/mol. The maximum atomic E-state index is 10.1. The number of aromatic nitrogens is 2. The number of carbonyl (C=O) groups is 1. The zero-order chi connectivity index (χ0) is 25.1. The van der Waals surface area contributed by atoms with E-state index in [1.165, 1.54) is 12.1 Å². The van der Waals surface area contributed by atoms with Crippen LogP contribution in [-0.2, 0) is 13.1 Å². The van der Waals surface area contributed by atoms with Gasteiger partial charge in [-0.15, -0.1) is 0 Å². The summed E-state index contributed by atoms with van der Waals surface area (Å²) in [5.74, 6) is -0.563. The number of pyridine rings is 2. The number of carboxylic acids is 1. The summed E-state index contributed by atoms with van der Waals surface area (Å²) in [6.07, 6.45) is 3.40. The van der Waals surface area contributed by atoms with Crippen LogP contribution in [0.5, 0.6) is 11.5 Å². The first-order valence-electron chi connectivity index (χ1n) is 10.4. The lowest BCUT2D eigenvalue weighted by molar-refractivity contribution is -0.884. The van der Waals surface area contributed by atoms with Crippen molar-refractivity contribution in [1.82, 2.24) is 9.97 Å². The van der Waals surface area contributed by atoms with Crippen molar-refractivity contribution >= 4 is 5.97 Å². The zero-order valence-corrected chi connectivity index (χ0v) is 22.2. The molecule has 3 aromatic rings. The van der Waals surface area contributed by atoms with Gasteiger partial charge in [0.1, 0.15) is 36.0 Å². The highest BCUT2D eigenvalue weighted by molar-refractivity contribution is 5.85. The van der Waals surface area contributed by atoms with Gasteiger partial charge in [0.15, 0.2) is 0 Å². The highest BCUT2D eigenvalue weighted by Crippen LogP contribution is 2.16. The van der Waals surface area contributed by atoms with Crippen molar-refractivity contribution in [2.45, 2.75) is 13.1 Å². The summed E-state index contributed by atoms with van der Waals surface area (Å²) in [6, 6.07) is 14.9. The summed E-state index contributed by atoms with van der Waals surface area (Å²) in [7, 11) is 12.4. The van der Waals surface area contributed by atoms with Crippen molar-refractivity contribution in [3.63, 3.8) is 0 Å². The van der Waals surface area contributed by atoms with Crippen LogP contribution in [0.1, 0.15) is 21.7 Å². The lowest BCUT2D eigenvalue weighted by Crippen LogP contribution is -3.00. The van der Waals surface area contributed by atoms with Crippen LogP contribution >= 0.6 is 0 Å². The number of quaternary nitrogens is 2. The van der Waals surface area contributed by atoms with Crippen LogP contribution in [0.15, 0.2) is 67.0 Å². The SMILES string of the molecule is C[N+](C)(C)Cc1ncccc1O.C[N+](C)(C)Cc1ncccc1O.O=C([O-])c1ccccc1.[Br-]. The quantitative estimate of drug-likeness (QED) is 0.408. The number of nitrogens with zero attached hydrogens (tertiary/aromatic N) is 4. The van der Waals surface area contributed by atoms with Gasteiger partial charge < -0.3 is 46.1 Å². The monoisotopic (exact) mass is 534 g/mol. The van der Waals surface area contributed by atoms with Crippen molar-refractivity contribution in [3.05, 3.63) is 83.9 Å². The number of rotatable bonds is 5. The average molecular weight is 535 g/mol. The molecule has 0 saturated heterocycles. The van der Waals surface area contributed by atoms with E-state index in [0.29, 0.717) is 0 Å². The van der Waals surface area contributed by atoms with Crippen LogP contribution in [0.2, 0.25) is 0 Å². The molecule has 2 aromatic heterocycles. The normalized spacial score (nSPS) is 10.5. The molecule has 0 radical (unpaired) electrons. The van der Waals surface area contributed by atoms with Gasteiger partial charge in [0.2, 0.25) is 0 Å². The lowest BCUT2D eigenvalue weighted by Gasteiger charge is -2.23. The van der Waals surface area contributed by atoms with Crippen LogP contribution in [-0.4, -0.2) is 77.4 Å². The van der Waals surface area contributed by atoms with Gasteiger partial charge in [-0.05, 0) is 29.8 Å². The summed E-state index contributed by atoms with van der Waals surface area (Å²) in [5, 5.41) is 28.9. The molecule has 9 heteroatoms. The molecule has 3 rings (SSSR count). The first-order chi connectivity index (χ1) is 15.3. The van der Waals surface area contributed by atoms with Gasteiger partial charge in [-0.1, -0.05) is 30.3 Å². The molecule has 2 heterocycles. The molecule has 186 valence electrons. The number of carboxylic acid groups (broad SMARTS) is 1. The Morgan fingerprint density at radius 2 is 1.12 bits per heavy atom. The first-order valence-corrected chi connectivity index (χ1v) is 10.4. The standard InChI is InChI=1S/2C9H14N2O.C7H6O2.BrH/c2*1-11(2,3)7-8-9(12)5-4-6-10-8;8-7(9)6-4-2-1-3-5-6;/h2*4-6H,7H2,1-3H3;1-5H,(H,8,9);1H. The average Bonchev–Trinajstić information content (AvgIpc) is 2.71. The van der Waals surface area contributed by atoms with Crippen LogP contribution in [0.4, 0.5) is 0 Å². The van der Waals surface area contributed by atoms with Gasteiger partial charge >= 0.3 is 0 Å². The van der Waals surface area contributed by atoms with E-state index < -0.39 is 5.97 Å². The second kappa shape index (κ2) is 14.3. The fraction of sp³-hybridized carbons (Fsp3) is 0.320. The summed E-state index contributed by atoms with van der Waals surface area (Å²) >= 11 is 0. The third-order valence-electron chi connectivity index (χ3n) is 3.99. The predicted octanol–water partition coefficient (Wildman–Crippen LogP) is -0.959. The number of hydrogen-bond donors (Lipinski definition) is 2. The Morgan fingerprint density at radius 3 is 1.38 bits per heavy atom. The molecule has 0 atom stereocenters. The molecule has 0 amide bonds. The summed E-state index contributed by atoms with van der Waals surface area (Å²) in [6.45, 7) is 1.49. The fourth-order valence-corrected chi connectivity index (χ4v) is 2.58. The van der Waals surface area contributed by atoms with Crippen molar-refractivity contribution in [2.24, 2.45) is 0 Å². The van der Waals surface area contributed by atoms with Crippen LogP contribution in [0.3, 0.4) is 0 Å². The smallest absolute Gasteiger partial charge is 0.142 e. The molecule has 2 N–H and O–H groups in total. The Morgan fingerprint density at radius 1 is 0.735 bits per heavy atom. The van der Waals surface area contributed by atoms with Gasteiger partial charge in [0, 0.05) is 12.4 Å². The number of aromatic carboxylic acids is 1. The zero-order valence-electron chi connectivity index (χ0n) is 20.6. The molecule has 1 aromatic carbocycles.